The molecule has 7 heteroatoms. The molecule has 0 aliphatic carbocycles. The molecule has 0 saturated heterocycles. The van der Waals surface area contributed by atoms with Gasteiger partial charge in [-0.15, -0.1) is 0 Å². The van der Waals surface area contributed by atoms with Gasteiger partial charge in [0.05, 0.1) is 15.2 Å². The first kappa shape index (κ1) is 20.3. The summed E-state index contributed by atoms with van der Waals surface area (Å²) in [5, 5.41) is 5.84. The SMILES string of the molecule is CCCC(=O)Nc1ccc(Cl)c(NC(=O)COc2ccc(C)cc2Br)c1. The van der Waals surface area contributed by atoms with Gasteiger partial charge < -0.3 is 15.4 Å². The van der Waals surface area contributed by atoms with Crippen molar-refractivity contribution in [2.45, 2.75) is 26.7 Å². The molecule has 0 aromatic heterocycles. The van der Waals surface area contributed by atoms with E-state index in [1.165, 1.54) is 0 Å². The number of ether oxygens (including phenoxy) is 1. The van der Waals surface area contributed by atoms with Gasteiger partial charge in [0.25, 0.3) is 5.91 Å². The maximum atomic E-state index is 12.2. The molecule has 0 saturated carbocycles. The number of benzene rings is 2. The molecule has 0 atom stereocenters. The van der Waals surface area contributed by atoms with Crippen LogP contribution in [0.3, 0.4) is 0 Å². The zero-order valence-electron chi connectivity index (χ0n) is 14.6. The third kappa shape index (κ3) is 6.04. The standard InChI is InChI=1S/C19H20BrClN2O3/c1-3-4-18(24)22-13-6-7-15(21)16(10-13)23-19(25)11-26-17-8-5-12(2)9-14(17)20/h5-10H,3-4,11H2,1-2H3,(H,22,24)(H,23,25). The molecular formula is C19H20BrClN2O3. The number of halogens is 2. The van der Waals surface area contributed by atoms with Gasteiger partial charge in [-0.25, -0.2) is 0 Å². The van der Waals surface area contributed by atoms with Crippen LogP contribution in [0.15, 0.2) is 40.9 Å². The van der Waals surface area contributed by atoms with Crippen molar-refractivity contribution in [2.75, 3.05) is 17.2 Å². The van der Waals surface area contributed by atoms with Crippen molar-refractivity contribution in [1.82, 2.24) is 0 Å². The molecule has 0 unspecified atom stereocenters. The lowest BCUT2D eigenvalue weighted by Crippen LogP contribution is -2.20. The number of anilines is 2. The molecule has 0 aliphatic rings. The van der Waals surface area contributed by atoms with E-state index in [-0.39, 0.29) is 18.4 Å². The largest absolute Gasteiger partial charge is 0.483 e. The minimum atomic E-state index is -0.351. The summed E-state index contributed by atoms with van der Waals surface area (Å²) in [5.74, 6) is 0.147. The van der Waals surface area contributed by atoms with Crippen LogP contribution >= 0.6 is 27.5 Å². The van der Waals surface area contributed by atoms with Crippen LogP contribution in [0.2, 0.25) is 5.02 Å². The van der Waals surface area contributed by atoms with Gasteiger partial charge in [-0.3, -0.25) is 9.59 Å². The Kier molecular flexibility index (Phi) is 7.48. The topological polar surface area (TPSA) is 67.4 Å². The smallest absolute Gasteiger partial charge is 0.262 e. The number of carbonyl (C=O) groups is 2. The van der Waals surface area contributed by atoms with E-state index < -0.39 is 0 Å². The lowest BCUT2D eigenvalue weighted by atomic mass is 10.2. The third-order valence-corrected chi connectivity index (χ3v) is 4.40. The van der Waals surface area contributed by atoms with E-state index in [9.17, 15) is 9.59 Å². The summed E-state index contributed by atoms with van der Waals surface area (Å²) in [6, 6.07) is 10.5. The number of nitrogens with one attached hydrogen (secondary N) is 2. The zero-order chi connectivity index (χ0) is 19.1. The van der Waals surface area contributed by atoms with Crippen LogP contribution in [0.5, 0.6) is 5.75 Å². The first-order chi connectivity index (χ1) is 12.4. The molecule has 0 aliphatic heterocycles. The van der Waals surface area contributed by atoms with E-state index in [2.05, 4.69) is 26.6 Å². The number of amides is 2. The Hall–Kier alpha value is -2.05. The molecule has 5 nitrogen and oxygen atoms in total. The van der Waals surface area contributed by atoms with Crippen LogP contribution in [0, 0.1) is 6.92 Å². The Morgan fingerprint density at radius 1 is 1.12 bits per heavy atom. The van der Waals surface area contributed by atoms with Crippen LogP contribution in [0.25, 0.3) is 0 Å². The van der Waals surface area contributed by atoms with E-state index in [1.54, 1.807) is 24.3 Å². The van der Waals surface area contributed by atoms with Crippen LogP contribution in [-0.2, 0) is 9.59 Å². The first-order valence-electron chi connectivity index (χ1n) is 8.17. The lowest BCUT2D eigenvalue weighted by Gasteiger charge is -2.12. The van der Waals surface area contributed by atoms with Crippen LogP contribution < -0.4 is 15.4 Å². The average molecular weight is 440 g/mol. The second kappa shape index (κ2) is 9.59. The Labute approximate surface area is 166 Å². The number of carbonyl (C=O) groups excluding carboxylic acids is 2. The quantitative estimate of drug-likeness (QED) is 0.625. The summed E-state index contributed by atoms with van der Waals surface area (Å²) in [7, 11) is 0. The molecule has 26 heavy (non-hydrogen) atoms. The van der Waals surface area contributed by atoms with E-state index in [0.717, 1.165) is 16.5 Å². The number of rotatable bonds is 7. The summed E-state index contributed by atoms with van der Waals surface area (Å²) in [5.41, 5.74) is 2.07. The van der Waals surface area contributed by atoms with Crippen molar-refractivity contribution < 1.29 is 14.3 Å². The highest BCUT2D eigenvalue weighted by Crippen LogP contribution is 2.27. The normalized spacial score (nSPS) is 10.3. The molecule has 2 aromatic rings. The molecule has 0 heterocycles. The van der Waals surface area contributed by atoms with Crippen molar-refractivity contribution in [1.29, 1.82) is 0 Å². The second-order valence-electron chi connectivity index (χ2n) is 5.76. The molecule has 0 bridgehead atoms. The van der Waals surface area contributed by atoms with Crippen molar-refractivity contribution in [3.8, 4) is 5.75 Å². The number of aryl methyl sites for hydroxylation is 1. The number of hydrogen-bond donors (Lipinski definition) is 2. The van der Waals surface area contributed by atoms with Gasteiger partial charge in [-0.2, -0.15) is 0 Å². The highest BCUT2D eigenvalue weighted by atomic mass is 79.9. The maximum absolute atomic E-state index is 12.2. The molecule has 2 rings (SSSR count). The minimum Gasteiger partial charge on any atom is -0.483 e. The average Bonchev–Trinajstić information content (AvgIpc) is 2.57. The van der Waals surface area contributed by atoms with Gasteiger partial charge in [0.15, 0.2) is 6.61 Å². The molecule has 2 amide bonds. The van der Waals surface area contributed by atoms with Gasteiger partial charge in [0, 0.05) is 12.1 Å². The predicted octanol–water partition coefficient (Wildman–Crippen LogP) is 5.17. The van der Waals surface area contributed by atoms with Gasteiger partial charge in [0.2, 0.25) is 5.91 Å². The molecule has 138 valence electrons. The highest BCUT2D eigenvalue weighted by Gasteiger charge is 2.10. The van der Waals surface area contributed by atoms with Crippen molar-refractivity contribution >= 4 is 50.7 Å². The van der Waals surface area contributed by atoms with Gasteiger partial charge >= 0.3 is 0 Å². The third-order valence-electron chi connectivity index (χ3n) is 3.45. The summed E-state index contributed by atoms with van der Waals surface area (Å²) in [6.07, 6.45) is 1.19. The van der Waals surface area contributed by atoms with Crippen molar-refractivity contribution in [3.63, 3.8) is 0 Å². The summed E-state index contributed by atoms with van der Waals surface area (Å²) >= 11 is 9.52. The summed E-state index contributed by atoms with van der Waals surface area (Å²) in [4.78, 5) is 23.8. The molecular weight excluding hydrogens is 420 g/mol. The fourth-order valence-electron chi connectivity index (χ4n) is 2.20. The van der Waals surface area contributed by atoms with E-state index in [0.29, 0.717) is 28.6 Å². The highest BCUT2D eigenvalue weighted by molar-refractivity contribution is 9.10. The van der Waals surface area contributed by atoms with Crippen LogP contribution in [0.4, 0.5) is 11.4 Å². The first-order valence-corrected chi connectivity index (χ1v) is 9.34. The lowest BCUT2D eigenvalue weighted by molar-refractivity contribution is -0.118. The Balaban J connectivity index is 1.98. The molecule has 0 spiro atoms. The Morgan fingerprint density at radius 2 is 1.88 bits per heavy atom. The molecule has 0 radical (unpaired) electrons. The molecule has 2 N–H and O–H groups in total. The fourth-order valence-corrected chi connectivity index (χ4v) is 2.97. The van der Waals surface area contributed by atoms with E-state index in [1.807, 2.05) is 26.0 Å². The Morgan fingerprint density at radius 3 is 2.58 bits per heavy atom. The second-order valence-corrected chi connectivity index (χ2v) is 7.03. The minimum absolute atomic E-state index is 0.0837. The Bertz CT molecular complexity index is 811. The van der Waals surface area contributed by atoms with Crippen LogP contribution in [-0.4, -0.2) is 18.4 Å². The van der Waals surface area contributed by atoms with Crippen molar-refractivity contribution in [2.24, 2.45) is 0 Å². The zero-order valence-corrected chi connectivity index (χ0v) is 16.9. The predicted molar refractivity (Wildman–Crippen MR) is 108 cm³/mol. The fraction of sp³-hybridized carbons (Fsp3) is 0.263. The van der Waals surface area contributed by atoms with Gasteiger partial charge in [-0.1, -0.05) is 24.6 Å². The summed E-state index contributed by atoms with van der Waals surface area (Å²) < 4.78 is 6.30. The van der Waals surface area contributed by atoms with Gasteiger partial charge in [-0.05, 0) is 65.2 Å². The number of hydrogen-bond acceptors (Lipinski definition) is 3. The van der Waals surface area contributed by atoms with E-state index in [4.69, 9.17) is 16.3 Å². The summed E-state index contributed by atoms with van der Waals surface area (Å²) in [6.45, 7) is 3.74. The monoisotopic (exact) mass is 438 g/mol. The van der Waals surface area contributed by atoms with Crippen LogP contribution in [0.1, 0.15) is 25.3 Å². The molecule has 0 fully saturated rings. The molecule has 2 aromatic carbocycles. The van der Waals surface area contributed by atoms with E-state index >= 15 is 0 Å². The van der Waals surface area contributed by atoms with Gasteiger partial charge in [0.1, 0.15) is 5.75 Å². The van der Waals surface area contributed by atoms with Crippen molar-refractivity contribution in [3.05, 3.63) is 51.5 Å². The maximum Gasteiger partial charge on any atom is 0.262 e.